The molecule has 0 fully saturated rings. The smallest absolute Gasteiger partial charge is 0.123 e. The third kappa shape index (κ3) is 3.01. The highest BCUT2D eigenvalue weighted by Crippen LogP contribution is 2.14. The van der Waals surface area contributed by atoms with Crippen molar-refractivity contribution in [3.8, 4) is 0 Å². The van der Waals surface area contributed by atoms with Crippen LogP contribution in [0.25, 0.3) is 0 Å². The third-order valence-electron chi connectivity index (χ3n) is 2.42. The molecule has 0 radical (unpaired) electrons. The molecular formula is C13H12F2N2. The molecule has 0 aliphatic carbocycles. The average Bonchev–Trinajstić information content (AvgIpc) is 2.33. The van der Waals surface area contributed by atoms with Gasteiger partial charge >= 0.3 is 0 Å². The van der Waals surface area contributed by atoms with Gasteiger partial charge in [0.2, 0.25) is 0 Å². The number of benzene rings is 2. The largest absolute Gasteiger partial charge is 0.307 e. The lowest BCUT2D eigenvalue weighted by atomic mass is 10.2. The maximum Gasteiger partial charge on any atom is 0.123 e. The van der Waals surface area contributed by atoms with E-state index in [2.05, 4.69) is 0 Å². The van der Waals surface area contributed by atoms with E-state index < -0.39 is 0 Å². The van der Waals surface area contributed by atoms with E-state index in [1.807, 2.05) is 0 Å². The standard InChI is InChI=1S/C13H12F2N2/c14-11-3-1-10(2-4-11)9-17(16)13-7-5-12(15)6-8-13/h1-8H,9,16H2. The van der Waals surface area contributed by atoms with E-state index in [9.17, 15) is 8.78 Å². The highest BCUT2D eigenvalue weighted by Gasteiger charge is 2.03. The van der Waals surface area contributed by atoms with Gasteiger partial charge in [0.25, 0.3) is 0 Å². The Hall–Kier alpha value is -1.94. The molecule has 0 aliphatic rings. The van der Waals surface area contributed by atoms with E-state index in [0.717, 1.165) is 5.56 Å². The molecule has 2 rings (SSSR count). The first-order valence-electron chi connectivity index (χ1n) is 5.17. The molecule has 0 spiro atoms. The fourth-order valence-electron chi connectivity index (χ4n) is 1.51. The van der Waals surface area contributed by atoms with Crippen LogP contribution in [0.5, 0.6) is 0 Å². The first-order valence-corrected chi connectivity index (χ1v) is 5.17. The molecule has 0 aromatic heterocycles. The minimum Gasteiger partial charge on any atom is -0.307 e. The van der Waals surface area contributed by atoms with Crippen molar-refractivity contribution in [3.05, 3.63) is 65.7 Å². The number of hydrogen-bond acceptors (Lipinski definition) is 2. The van der Waals surface area contributed by atoms with Crippen LogP contribution in [-0.2, 0) is 6.54 Å². The molecule has 0 aliphatic heterocycles. The van der Waals surface area contributed by atoms with Crippen LogP contribution in [0.15, 0.2) is 48.5 Å². The second-order valence-electron chi connectivity index (χ2n) is 3.73. The number of hydrogen-bond donors (Lipinski definition) is 1. The maximum absolute atomic E-state index is 12.7. The van der Waals surface area contributed by atoms with Gasteiger partial charge in [-0.3, -0.25) is 0 Å². The summed E-state index contributed by atoms with van der Waals surface area (Å²) in [4.78, 5) is 0. The molecule has 0 amide bonds. The average molecular weight is 234 g/mol. The van der Waals surface area contributed by atoms with Crippen LogP contribution in [0.1, 0.15) is 5.56 Å². The minimum absolute atomic E-state index is 0.279. The van der Waals surface area contributed by atoms with E-state index in [0.29, 0.717) is 12.2 Å². The number of nitrogens with zero attached hydrogens (tertiary/aromatic N) is 1. The van der Waals surface area contributed by atoms with Gasteiger partial charge in [-0.05, 0) is 42.0 Å². The number of anilines is 1. The van der Waals surface area contributed by atoms with Crippen LogP contribution in [-0.4, -0.2) is 0 Å². The summed E-state index contributed by atoms with van der Waals surface area (Å²) in [6.45, 7) is 0.436. The SMILES string of the molecule is NN(Cc1ccc(F)cc1)c1ccc(F)cc1. The first kappa shape index (κ1) is 11.5. The van der Waals surface area contributed by atoms with Crippen LogP contribution in [0.3, 0.4) is 0 Å². The maximum atomic E-state index is 12.7. The highest BCUT2D eigenvalue weighted by atomic mass is 19.1. The van der Waals surface area contributed by atoms with Crippen LogP contribution in [0.2, 0.25) is 0 Å². The summed E-state index contributed by atoms with van der Waals surface area (Å²) in [6, 6.07) is 12.0. The fourth-order valence-corrected chi connectivity index (χ4v) is 1.51. The van der Waals surface area contributed by atoms with E-state index in [4.69, 9.17) is 5.84 Å². The van der Waals surface area contributed by atoms with Crippen LogP contribution in [0, 0.1) is 11.6 Å². The third-order valence-corrected chi connectivity index (χ3v) is 2.42. The Morgan fingerprint density at radius 3 is 1.82 bits per heavy atom. The van der Waals surface area contributed by atoms with Crippen LogP contribution < -0.4 is 10.9 Å². The summed E-state index contributed by atoms with van der Waals surface area (Å²) in [6.07, 6.45) is 0. The Kier molecular flexibility index (Phi) is 3.35. The van der Waals surface area contributed by atoms with Gasteiger partial charge in [-0.25, -0.2) is 14.6 Å². The summed E-state index contributed by atoms with van der Waals surface area (Å²) in [7, 11) is 0. The van der Waals surface area contributed by atoms with Crippen molar-refractivity contribution in [2.75, 3.05) is 5.01 Å². The van der Waals surface area contributed by atoms with Gasteiger partial charge in [0.15, 0.2) is 0 Å². The normalized spacial score (nSPS) is 10.3. The molecule has 4 heteroatoms. The molecule has 2 N–H and O–H groups in total. The molecule has 0 heterocycles. The number of halogens is 2. The molecule has 2 aromatic rings. The quantitative estimate of drug-likeness (QED) is 0.653. The van der Waals surface area contributed by atoms with Gasteiger partial charge in [0, 0.05) is 0 Å². The van der Waals surface area contributed by atoms with Crippen molar-refractivity contribution >= 4 is 5.69 Å². The summed E-state index contributed by atoms with van der Waals surface area (Å²) in [5.41, 5.74) is 1.59. The molecule has 2 aromatic carbocycles. The predicted molar refractivity (Wildman–Crippen MR) is 63.2 cm³/mol. The molecule has 0 atom stereocenters. The lowest BCUT2D eigenvalue weighted by Gasteiger charge is -2.18. The Morgan fingerprint density at radius 1 is 0.824 bits per heavy atom. The summed E-state index contributed by atoms with van der Waals surface area (Å²) >= 11 is 0. The molecule has 2 nitrogen and oxygen atoms in total. The number of rotatable bonds is 3. The van der Waals surface area contributed by atoms with Crippen molar-refractivity contribution in [3.63, 3.8) is 0 Å². The van der Waals surface area contributed by atoms with Crippen molar-refractivity contribution in [2.24, 2.45) is 5.84 Å². The van der Waals surface area contributed by atoms with Crippen molar-refractivity contribution in [2.45, 2.75) is 6.54 Å². The van der Waals surface area contributed by atoms with E-state index in [1.54, 1.807) is 24.3 Å². The van der Waals surface area contributed by atoms with Gasteiger partial charge in [0.05, 0.1) is 12.2 Å². The monoisotopic (exact) mass is 234 g/mol. The minimum atomic E-state index is -0.302. The first-order chi connectivity index (χ1) is 8.15. The highest BCUT2D eigenvalue weighted by molar-refractivity contribution is 5.45. The van der Waals surface area contributed by atoms with E-state index in [-0.39, 0.29) is 11.6 Å². The Bertz CT molecular complexity index is 480. The molecular weight excluding hydrogens is 222 g/mol. The van der Waals surface area contributed by atoms with Gasteiger partial charge in [-0.1, -0.05) is 12.1 Å². The Morgan fingerprint density at radius 2 is 1.29 bits per heavy atom. The topological polar surface area (TPSA) is 29.3 Å². The summed E-state index contributed by atoms with van der Waals surface area (Å²) in [5.74, 6) is 5.25. The van der Waals surface area contributed by atoms with Crippen molar-refractivity contribution in [1.29, 1.82) is 0 Å². The zero-order valence-electron chi connectivity index (χ0n) is 9.11. The number of nitrogens with two attached hydrogens (primary N) is 1. The number of hydrazine groups is 1. The summed E-state index contributed by atoms with van der Waals surface area (Å²) < 4.78 is 25.4. The Labute approximate surface area is 98.3 Å². The molecule has 88 valence electrons. The van der Waals surface area contributed by atoms with Crippen LogP contribution >= 0.6 is 0 Å². The predicted octanol–water partition coefficient (Wildman–Crippen LogP) is 2.85. The molecule has 0 saturated heterocycles. The lowest BCUT2D eigenvalue weighted by molar-refractivity contribution is 0.625. The van der Waals surface area contributed by atoms with Crippen LogP contribution in [0.4, 0.5) is 14.5 Å². The fraction of sp³-hybridized carbons (Fsp3) is 0.0769. The Balaban J connectivity index is 2.08. The lowest BCUT2D eigenvalue weighted by Crippen LogP contribution is -2.29. The van der Waals surface area contributed by atoms with E-state index >= 15 is 0 Å². The molecule has 0 saturated carbocycles. The van der Waals surface area contributed by atoms with Crippen molar-refractivity contribution in [1.82, 2.24) is 0 Å². The van der Waals surface area contributed by atoms with Gasteiger partial charge in [-0.15, -0.1) is 0 Å². The van der Waals surface area contributed by atoms with Gasteiger partial charge < -0.3 is 5.01 Å². The summed E-state index contributed by atoms with van der Waals surface area (Å²) in [5, 5.41) is 1.48. The van der Waals surface area contributed by atoms with Gasteiger partial charge in [-0.2, -0.15) is 0 Å². The zero-order valence-corrected chi connectivity index (χ0v) is 9.11. The zero-order chi connectivity index (χ0) is 12.3. The molecule has 17 heavy (non-hydrogen) atoms. The second-order valence-corrected chi connectivity index (χ2v) is 3.73. The van der Waals surface area contributed by atoms with E-state index in [1.165, 1.54) is 29.3 Å². The second kappa shape index (κ2) is 4.93. The van der Waals surface area contributed by atoms with Gasteiger partial charge in [0.1, 0.15) is 11.6 Å². The van der Waals surface area contributed by atoms with Crippen molar-refractivity contribution < 1.29 is 8.78 Å². The molecule has 0 bridgehead atoms. The molecule has 0 unspecified atom stereocenters.